The average Bonchev–Trinajstić information content (AvgIpc) is 3.00. The van der Waals surface area contributed by atoms with Crippen LogP contribution in [0.15, 0.2) is 0 Å². The van der Waals surface area contributed by atoms with Crippen LogP contribution >= 0.6 is 11.3 Å². The van der Waals surface area contributed by atoms with Gasteiger partial charge < -0.3 is 9.84 Å². The Kier molecular flexibility index (Phi) is 3.56. The first-order valence-electron chi connectivity index (χ1n) is 5.53. The van der Waals surface area contributed by atoms with E-state index in [0.29, 0.717) is 30.4 Å². The lowest BCUT2D eigenvalue weighted by atomic mass is 10.2. The highest BCUT2D eigenvalue weighted by atomic mass is 32.1. The molecule has 1 aliphatic carbocycles. The van der Waals surface area contributed by atoms with E-state index in [1.165, 1.54) is 11.3 Å². The van der Waals surface area contributed by atoms with E-state index >= 15 is 0 Å². The largest absolute Gasteiger partial charge is 0.477 e. The molecule has 1 saturated carbocycles. The summed E-state index contributed by atoms with van der Waals surface area (Å²) in [7, 11) is 0. The molecule has 88 valence electrons. The zero-order chi connectivity index (χ0) is 11.5. The van der Waals surface area contributed by atoms with Gasteiger partial charge in [0.25, 0.3) is 0 Å². The van der Waals surface area contributed by atoms with Crippen molar-refractivity contribution in [2.45, 2.75) is 32.1 Å². The van der Waals surface area contributed by atoms with Gasteiger partial charge in [0.05, 0.1) is 17.3 Å². The summed E-state index contributed by atoms with van der Waals surface area (Å²) in [6.07, 6.45) is 2.87. The fourth-order valence-electron chi connectivity index (χ4n) is 1.58. The van der Waals surface area contributed by atoms with Crippen molar-refractivity contribution in [3.63, 3.8) is 0 Å². The number of carboxylic acid groups (broad SMARTS) is 1. The molecule has 1 aromatic heterocycles. The SMILES string of the molecule is CCOCCc1nc(C2CC2)c(C(=O)O)s1. The second kappa shape index (κ2) is 4.93. The molecular formula is C11H15NO3S. The molecule has 1 N–H and O–H groups in total. The van der Waals surface area contributed by atoms with Crippen molar-refractivity contribution in [3.05, 3.63) is 15.6 Å². The Morgan fingerprint density at radius 2 is 2.38 bits per heavy atom. The van der Waals surface area contributed by atoms with Gasteiger partial charge in [0.1, 0.15) is 4.88 Å². The fraction of sp³-hybridized carbons (Fsp3) is 0.636. The van der Waals surface area contributed by atoms with Crippen molar-refractivity contribution in [2.75, 3.05) is 13.2 Å². The van der Waals surface area contributed by atoms with Crippen LogP contribution in [0.2, 0.25) is 0 Å². The Bertz CT molecular complexity index is 385. The lowest BCUT2D eigenvalue weighted by molar-refractivity contribution is 0.0700. The maximum absolute atomic E-state index is 11.0. The maximum atomic E-state index is 11.0. The van der Waals surface area contributed by atoms with Crippen LogP contribution in [0, 0.1) is 0 Å². The number of ether oxygens (including phenoxy) is 1. The van der Waals surface area contributed by atoms with Gasteiger partial charge in [0, 0.05) is 18.9 Å². The Morgan fingerprint density at radius 3 is 2.94 bits per heavy atom. The zero-order valence-corrected chi connectivity index (χ0v) is 10.0. The fourth-order valence-corrected chi connectivity index (χ4v) is 2.54. The van der Waals surface area contributed by atoms with Crippen LogP contribution < -0.4 is 0 Å². The standard InChI is InChI=1S/C11H15NO3S/c1-2-15-6-5-8-12-9(7-3-4-7)10(16-8)11(13)14/h7H,2-6H2,1H3,(H,13,14). The molecular weight excluding hydrogens is 226 g/mol. The van der Waals surface area contributed by atoms with Crippen LogP contribution in [-0.2, 0) is 11.2 Å². The normalized spacial score (nSPS) is 15.3. The third kappa shape index (κ3) is 2.59. The van der Waals surface area contributed by atoms with Crippen LogP contribution in [0.25, 0.3) is 0 Å². The monoisotopic (exact) mass is 241 g/mol. The second-order valence-corrected chi connectivity index (χ2v) is 4.93. The summed E-state index contributed by atoms with van der Waals surface area (Å²) in [5, 5.41) is 9.95. The molecule has 0 aromatic carbocycles. The molecule has 4 nitrogen and oxygen atoms in total. The summed E-state index contributed by atoms with van der Waals surface area (Å²) >= 11 is 1.30. The van der Waals surface area contributed by atoms with Crippen LogP contribution in [0.1, 0.15) is 46.1 Å². The van der Waals surface area contributed by atoms with E-state index in [0.717, 1.165) is 23.5 Å². The van der Waals surface area contributed by atoms with E-state index in [9.17, 15) is 4.79 Å². The van der Waals surface area contributed by atoms with Crippen molar-refractivity contribution in [2.24, 2.45) is 0 Å². The summed E-state index contributed by atoms with van der Waals surface area (Å²) in [6, 6.07) is 0. The summed E-state index contributed by atoms with van der Waals surface area (Å²) in [6.45, 7) is 3.25. The van der Waals surface area contributed by atoms with Gasteiger partial charge in [0.15, 0.2) is 0 Å². The minimum absolute atomic E-state index is 0.392. The molecule has 0 aliphatic heterocycles. The molecule has 1 fully saturated rings. The number of aromatic nitrogens is 1. The van der Waals surface area contributed by atoms with Crippen LogP contribution in [-0.4, -0.2) is 29.3 Å². The number of nitrogens with zero attached hydrogens (tertiary/aromatic N) is 1. The van der Waals surface area contributed by atoms with Gasteiger partial charge in [-0.25, -0.2) is 9.78 Å². The molecule has 0 bridgehead atoms. The number of carbonyl (C=O) groups is 1. The number of hydrogen-bond acceptors (Lipinski definition) is 4. The topological polar surface area (TPSA) is 59.4 Å². The Balaban J connectivity index is 2.08. The molecule has 0 unspecified atom stereocenters. The summed E-state index contributed by atoms with van der Waals surface area (Å²) in [5.41, 5.74) is 0.795. The van der Waals surface area contributed by atoms with Crippen molar-refractivity contribution >= 4 is 17.3 Å². The number of carboxylic acids is 1. The van der Waals surface area contributed by atoms with E-state index in [1.807, 2.05) is 6.92 Å². The predicted molar refractivity (Wildman–Crippen MR) is 61.2 cm³/mol. The molecule has 1 heterocycles. The molecule has 0 amide bonds. The molecule has 1 aromatic rings. The van der Waals surface area contributed by atoms with E-state index in [4.69, 9.17) is 9.84 Å². The number of aromatic carboxylic acids is 1. The van der Waals surface area contributed by atoms with Crippen molar-refractivity contribution in [3.8, 4) is 0 Å². The van der Waals surface area contributed by atoms with Crippen LogP contribution in [0.5, 0.6) is 0 Å². The van der Waals surface area contributed by atoms with Gasteiger partial charge in [-0.15, -0.1) is 11.3 Å². The Labute approximate surface area is 98.3 Å². The minimum atomic E-state index is -0.845. The highest BCUT2D eigenvalue weighted by Gasteiger charge is 2.31. The molecule has 0 spiro atoms. The first-order chi connectivity index (χ1) is 7.72. The molecule has 16 heavy (non-hydrogen) atoms. The molecule has 0 radical (unpaired) electrons. The number of hydrogen-bond donors (Lipinski definition) is 1. The summed E-state index contributed by atoms with van der Waals surface area (Å²) in [4.78, 5) is 15.9. The van der Waals surface area contributed by atoms with Gasteiger partial charge >= 0.3 is 5.97 Å². The van der Waals surface area contributed by atoms with E-state index in [2.05, 4.69) is 4.98 Å². The van der Waals surface area contributed by atoms with E-state index < -0.39 is 5.97 Å². The minimum Gasteiger partial charge on any atom is -0.477 e. The Hall–Kier alpha value is -0.940. The third-order valence-electron chi connectivity index (χ3n) is 2.52. The van der Waals surface area contributed by atoms with Crippen LogP contribution in [0.3, 0.4) is 0 Å². The first kappa shape index (κ1) is 11.5. The van der Waals surface area contributed by atoms with Crippen molar-refractivity contribution < 1.29 is 14.6 Å². The van der Waals surface area contributed by atoms with Crippen LogP contribution in [0.4, 0.5) is 0 Å². The third-order valence-corrected chi connectivity index (χ3v) is 3.64. The lowest BCUT2D eigenvalue weighted by Gasteiger charge is -1.96. The summed E-state index contributed by atoms with van der Waals surface area (Å²) < 4.78 is 5.24. The van der Waals surface area contributed by atoms with Gasteiger partial charge in [-0.3, -0.25) is 0 Å². The second-order valence-electron chi connectivity index (χ2n) is 3.85. The zero-order valence-electron chi connectivity index (χ0n) is 9.23. The average molecular weight is 241 g/mol. The maximum Gasteiger partial charge on any atom is 0.347 e. The molecule has 2 rings (SSSR count). The lowest BCUT2D eigenvalue weighted by Crippen LogP contribution is -1.98. The Morgan fingerprint density at radius 1 is 1.62 bits per heavy atom. The first-order valence-corrected chi connectivity index (χ1v) is 6.34. The molecule has 5 heteroatoms. The molecule has 0 saturated heterocycles. The summed E-state index contributed by atoms with van der Waals surface area (Å²) in [5.74, 6) is -0.453. The van der Waals surface area contributed by atoms with Gasteiger partial charge in [-0.1, -0.05) is 0 Å². The van der Waals surface area contributed by atoms with Gasteiger partial charge in [-0.05, 0) is 19.8 Å². The van der Waals surface area contributed by atoms with Crippen molar-refractivity contribution in [1.82, 2.24) is 4.98 Å². The van der Waals surface area contributed by atoms with Crippen molar-refractivity contribution in [1.29, 1.82) is 0 Å². The van der Waals surface area contributed by atoms with Gasteiger partial charge in [-0.2, -0.15) is 0 Å². The smallest absolute Gasteiger partial charge is 0.347 e. The predicted octanol–water partition coefficient (Wildman–Crippen LogP) is 2.30. The van der Waals surface area contributed by atoms with E-state index in [-0.39, 0.29) is 0 Å². The number of rotatable bonds is 6. The number of thiazole rings is 1. The molecule has 0 atom stereocenters. The highest BCUT2D eigenvalue weighted by Crippen LogP contribution is 2.42. The molecule has 1 aliphatic rings. The quantitative estimate of drug-likeness (QED) is 0.776. The van der Waals surface area contributed by atoms with E-state index in [1.54, 1.807) is 0 Å². The highest BCUT2D eigenvalue weighted by molar-refractivity contribution is 7.13. The van der Waals surface area contributed by atoms with Gasteiger partial charge in [0.2, 0.25) is 0 Å².